The molecule has 18 atom stereocenters. The van der Waals surface area contributed by atoms with Crippen LogP contribution in [0.15, 0.2) is 86.2 Å². The van der Waals surface area contributed by atoms with Crippen LogP contribution in [-0.2, 0) is 74.9 Å². The molecule has 3 heterocycles. The molecule has 4 aliphatic rings. The highest BCUT2D eigenvalue weighted by Gasteiger charge is 2.57. The summed E-state index contributed by atoms with van der Waals surface area (Å²) < 4.78 is 62.6. The molecule has 0 radical (unpaired) electrons. The molecule has 4 fully saturated rings. The van der Waals surface area contributed by atoms with Crippen LogP contribution in [0.25, 0.3) is 52.2 Å². The third-order valence-electron chi connectivity index (χ3n) is 13.7. The third kappa shape index (κ3) is 15.3. The summed E-state index contributed by atoms with van der Waals surface area (Å²) in [5, 5.41) is 19.4. The Morgan fingerprint density at radius 1 is 0.615 bits per heavy atom. The number of hydrogen-bond acceptors (Lipinski definition) is 19. The van der Waals surface area contributed by atoms with Crippen molar-refractivity contribution in [2.24, 2.45) is 31.5 Å². The van der Waals surface area contributed by atoms with Gasteiger partial charge in [0.1, 0.15) is 37.1 Å². The van der Waals surface area contributed by atoms with Gasteiger partial charge in [-0.05, 0) is 70.9 Å². The van der Waals surface area contributed by atoms with E-state index in [0.717, 1.165) is 25.0 Å². The van der Waals surface area contributed by atoms with Crippen molar-refractivity contribution < 1.29 is 66.5 Å². The third-order valence-corrected chi connectivity index (χ3v) is 13.7. The molecule has 0 N–H and O–H groups in total. The maximum Gasteiger partial charge on any atom is 0.410 e. The lowest BCUT2D eigenvalue weighted by Crippen LogP contribution is -2.62. The fourth-order valence-electron chi connectivity index (χ4n) is 10.3. The number of esters is 3. The summed E-state index contributed by atoms with van der Waals surface area (Å²) in [5.41, 5.74) is 50.1. The molecule has 418 valence electrons. The molecule has 1 aliphatic carbocycles. The number of nitrogens with zero attached hydrogens (tertiary/aromatic N) is 16. The van der Waals surface area contributed by atoms with Gasteiger partial charge in [0.25, 0.3) is 0 Å². The number of carbonyl (C=O) groups excluding carboxylic acids is 4. The Kier molecular flexibility index (Phi) is 22.4. The maximum absolute atomic E-state index is 14.2. The first-order valence-electron chi connectivity index (χ1n) is 25.3. The van der Waals surface area contributed by atoms with E-state index in [0.29, 0.717) is 6.42 Å². The molecule has 3 aliphatic heterocycles. The molecule has 0 bridgehead atoms. The van der Waals surface area contributed by atoms with Gasteiger partial charge in [-0.25, -0.2) is 4.79 Å². The first-order chi connectivity index (χ1) is 37.7. The van der Waals surface area contributed by atoms with Gasteiger partial charge in [0.05, 0.1) is 55.1 Å². The molecule has 6 rings (SSSR count). The molecule has 30 nitrogen and oxygen atoms in total. The fraction of sp³-hybridized carbons (Fsp3) is 0.667. The first-order valence-corrected chi connectivity index (χ1v) is 25.3. The van der Waals surface area contributed by atoms with Crippen molar-refractivity contribution in [2.75, 3.05) is 6.54 Å². The Bertz CT molecular complexity index is 2610. The van der Waals surface area contributed by atoms with E-state index in [4.69, 9.17) is 47.4 Å². The summed E-state index contributed by atoms with van der Waals surface area (Å²) >= 11 is 0. The van der Waals surface area contributed by atoms with Crippen molar-refractivity contribution in [1.82, 2.24) is 4.90 Å². The topological polar surface area (TPSA) is 408 Å². The number of benzene rings is 2. The van der Waals surface area contributed by atoms with Crippen LogP contribution in [0.2, 0.25) is 0 Å². The van der Waals surface area contributed by atoms with E-state index < -0.39 is 134 Å². The zero-order chi connectivity index (χ0) is 56.3. The van der Waals surface area contributed by atoms with Gasteiger partial charge < -0.3 is 47.4 Å². The quantitative estimate of drug-likeness (QED) is 0.0329. The molecule has 2 aromatic rings. The minimum absolute atomic E-state index is 0.0159. The smallest absolute Gasteiger partial charge is 0.410 e. The van der Waals surface area contributed by atoms with Crippen LogP contribution in [-0.4, -0.2) is 139 Å². The monoisotopic (exact) mass is 1090 g/mol. The Hall–Kier alpha value is -7.57. The van der Waals surface area contributed by atoms with Crippen molar-refractivity contribution in [3.63, 3.8) is 0 Å². The molecular formula is C48H62N16O14. The molecule has 0 unspecified atom stereocenters. The summed E-state index contributed by atoms with van der Waals surface area (Å²) in [6, 6.07) is 12.9. The molecule has 1 amide bonds. The van der Waals surface area contributed by atoms with Crippen molar-refractivity contribution in [3.8, 4) is 0 Å². The molecule has 1 saturated carbocycles. The van der Waals surface area contributed by atoms with Gasteiger partial charge in [-0.15, -0.1) is 0 Å². The largest absolute Gasteiger partial charge is 0.459 e. The molecule has 0 aromatic heterocycles. The lowest BCUT2D eigenvalue weighted by atomic mass is 9.83. The normalized spacial score (nSPS) is 31.6. The average molecular weight is 1090 g/mol. The minimum Gasteiger partial charge on any atom is -0.459 e. The summed E-state index contributed by atoms with van der Waals surface area (Å²) in [5.74, 6) is -3.19. The van der Waals surface area contributed by atoms with E-state index >= 15 is 0 Å². The van der Waals surface area contributed by atoms with Crippen LogP contribution in [0.4, 0.5) is 4.79 Å². The van der Waals surface area contributed by atoms with E-state index in [-0.39, 0.29) is 45.4 Å². The van der Waals surface area contributed by atoms with E-state index in [1.807, 2.05) is 67.6 Å². The highest BCUT2D eigenvalue weighted by Crippen LogP contribution is 2.41. The van der Waals surface area contributed by atoms with Crippen molar-refractivity contribution in [1.29, 1.82) is 0 Å². The SMILES string of the molecule is CC[C@H]([C@@H]1CC[C@@H](N=[N+]=[N-])[C@@H](O[C@H]2[C@H](O[C@@H]3O[C@H](CC)[C@@H](O[C@H]4O[C@@H](CN=[N+]=[N-])[C@@H](OC(C)=O)[C@H](C)[C@H]4N=[N+]=[N-])[C@H]3OC(C)=O)[C@@H](OC(C)=O)[C@H](N=[N+]=[N-])C[C@@H]2N=[N+]=[N-])O1)N(Cc1ccccc1)C(=O)OCc1ccccc1. The van der Waals surface area contributed by atoms with E-state index in [1.54, 1.807) is 18.7 Å². The standard InChI is InChI=1S/C48H62N16O14/c1-7-34(64(23-29-15-11-9-12-16-29)48(68)69-24-30-17-13-10-14-18-30)36-20-19-31(55-60-50)45(74-36)76-41-33(57-62-52)21-32(56-61-51)40(71-27(5)66)43(41)78-47-44(72-28(6)67)42(35(8-2)73-47)77-46-38(58-63-53)25(3)39(70-26(4)65)37(75-46)22-54-59-49/h9-18,25,31-47H,7-8,19-24H2,1-6H3/t25-,31-,32-,33+,34-,35-,36+,37+,38-,39+,40+,41-,42-,43-,44-,45-,46-,47+/m1/s1. The van der Waals surface area contributed by atoms with Crippen LogP contribution in [0.3, 0.4) is 0 Å². The zero-order valence-electron chi connectivity index (χ0n) is 43.7. The Morgan fingerprint density at radius 2 is 1.17 bits per heavy atom. The average Bonchev–Trinajstić information content (AvgIpc) is 3.75. The molecule has 78 heavy (non-hydrogen) atoms. The Labute approximate surface area is 447 Å². The van der Waals surface area contributed by atoms with E-state index in [2.05, 4.69) is 50.1 Å². The number of rotatable bonds is 23. The van der Waals surface area contributed by atoms with Gasteiger partial charge in [0.2, 0.25) is 0 Å². The lowest BCUT2D eigenvalue weighted by Gasteiger charge is -2.47. The highest BCUT2D eigenvalue weighted by molar-refractivity contribution is 5.68. The van der Waals surface area contributed by atoms with Gasteiger partial charge >= 0.3 is 24.0 Å². The number of azide groups is 5. The van der Waals surface area contributed by atoms with Crippen molar-refractivity contribution >= 4 is 24.0 Å². The molecule has 30 heteroatoms. The predicted molar refractivity (Wildman–Crippen MR) is 269 cm³/mol. The second kappa shape index (κ2) is 29.2. The zero-order valence-corrected chi connectivity index (χ0v) is 43.7. The van der Waals surface area contributed by atoms with Gasteiger partial charge in [-0.3, -0.25) is 19.3 Å². The second-order valence-electron chi connectivity index (χ2n) is 18.8. The lowest BCUT2D eigenvalue weighted by molar-refractivity contribution is -0.293. The summed E-state index contributed by atoms with van der Waals surface area (Å²) in [4.78, 5) is 68.9. The first kappa shape index (κ1) is 59.7. The van der Waals surface area contributed by atoms with Gasteiger partial charge in [0, 0.05) is 57.8 Å². The maximum atomic E-state index is 14.2. The van der Waals surface area contributed by atoms with Gasteiger partial charge in [0.15, 0.2) is 25.0 Å². The fourth-order valence-corrected chi connectivity index (χ4v) is 10.3. The Balaban J connectivity index is 1.38. The van der Waals surface area contributed by atoms with E-state index in [1.165, 1.54) is 6.92 Å². The van der Waals surface area contributed by atoms with Crippen LogP contribution in [0.1, 0.15) is 84.8 Å². The number of ether oxygens (including phenoxy) is 10. The van der Waals surface area contributed by atoms with Crippen LogP contribution in [0.5, 0.6) is 0 Å². The minimum atomic E-state index is -1.66. The van der Waals surface area contributed by atoms with Crippen LogP contribution in [0, 0.1) is 5.92 Å². The van der Waals surface area contributed by atoms with Crippen molar-refractivity contribution in [3.05, 3.63) is 124 Å². The van der Waals surface area contributed by atoms with E-state index in [9.17, 15) is 46.8 Å². The van der Waals surface area contributed by atoms with Gasteiger partial charge in [-0.1, -0.05) is 107 Å². The number of hydrogen-bond donors (Lipinski definition) is 0. The van der Waals surface area contributed by atoms with Gasteiger partial charge in [-0.2, -0.15) is 0 Å². The molecule has 2 aromatic carbocycles. The summed E-state index contributed by atoms with van der Waals surface area (Å²) in [6.07, 6.45) is -16.1. The van der Waals surface area contributed by atoms with Crippen molar-refractivity contribution in [2.45, 2.75) is 191 Å². The summed E-state index contributed by atoms with van der Waals surface area (Å²) in [6.45, 7) is 8.34. The molecular weight excluding hydrogens is 1020 g/mol. The Morgan fingerprint density at radius 3 is 1.76 bits per heavy atom. The number of carbonyl (C=O) groups is 4. The molecule has 0 spiro atoms. The summed E-state index contributed by atoms with van der Waals surface area (Å²) in [7, 11) is 0. The number of amides is 1. The second-order valence-corrected chi connectivity index (χ2v) is 18.8. The van der Waals surface area contributed by atoms with Crippen LogP contribution < -0.4 is 0 Å². The van der Waals surface area contributed by atoms with Crippen LogP contribution >= 0.6 is 0 Å². The highest BCUT2D eigenvalue weighted by atomic mass is 16.8. The predicted octanol–water partition coefficient (Wildman–Crippen LogP) is 8.99. The molecule has 3 saturated heterocycles.